The number of piperidine rings is 1. The predicted molar refractivity (Wildman–Crippen MR) is 82.1 cm³/mol. The van der Waals surface area contributed by atoms with E-state index in [1.807, 2.05) is 0 Å². The molecule has 0 aromatic carbocycles. The van der Waals surface area contributed by atoms with Crippen LogP contribution in [0.2, 0.25) is 0 Å². The van der Waals surface area contributed by atoms with Gasteiger partial charge in [-0.05, 0) is 6.42 Å². The fraction of sp³-hybridized carbons (Fsp3) is 0.643. The highest BCUT2D eigenvalue weighted by Gasteiger charge is 2.26. The van der Waals surface area contributed by atoms with Crippen molar-refractivity contribution in [1.82, 2.24) is 5.06 Å². The van der Waals surface area contributed by atoms with Gasteiger partial charge in [0.05, 0.1) is 6.42 Å². The molecule has 12 nitrogen and oxygen atoms in total. The second-order valence-electron chi connectivity index (χ2n) is 5.29. The third-order valence-corrected chi connectivity index (χ3v) is 3.13. The summed E-state index contributed by atoms with van der Waals surface area (Å²) in [6.07, 6.45) is -2.59. The van der Waals surface area contributed by atoms with E-state index in [1.54, 1.807) is 0 Å². The van der Waals surface area contributed by atoms with Crippen LogP contribution in [0.5, 0.6) is 0 Å². The Morgan fingerprint density at radius 1 is 1.04 bits per heavy atom. The van der Waals surface area contributed by atoms with Crippen LogP contribution >= 0.6 is 0 Å². The molecule has 1 aliphatic heterocycles. The third-order valence-electron chi connectivity index (χ3n) is 3.13. The Hall–Kier alpha value is -2.89. The number of carbonyl (C=O) groups excluding carboxylic acids is 5. The molecule has 0 spiro atoms. The van der Waals surface area contributed by atoms with Crippen molar-refractivity contribution in [3.63, 3.8) is 0 Å². The summed E-state index contributed by atoms with van der Waals surface area (Å²) in [7, 11) is 0. The number of primary amides is 2. The molecule has 12 heteroatoms. The molecule has 0 aliphatic carbocycles. The van der Waals surface area contributed by atoms with Crippen LogP contribution in [-0.2, 0) is 33.4 Å². The number of amides is 3. The second kappa shape index (κ2) is 10.9. The highest BCUT2D eigenvalue weighted by Crippen LogP contribution is 2.09. The van der Waals surface area contributed by atoms with E-state index in [1.165, 1.54) is 0 Å². The van der Waals surface area contributed by atoms with Gasteiger partial charge >= 0.3 is 18.2 Å². The lowest BCUT2D eigenvalue weighted by Crippen LogP contribution is -2.41. The van der Waals surface area contributed by atoms with Crippen LogP contribution in [0.4, 0.5) is 9.59 Å². The van der Waals surface area contributed by atoms with Crippen LogP contribution in [0.15, 0.2) is 0 Å². The smallest absolute Gasteiger partial charge is 0.404 e. The van der Waals surface area contributed by atoms with Gasteiger partial charge in [0.2, 0.25) is 0 Å². The van der Waals surface area contributed by atoms with E-state index in [-0.39, 0.29) is 57.8 Å². The van der Waals surface area contributed by atoms with Crippen molar-refractivity contribution >= 4 is 29.8 Å². The number of carbonyl (C=O) groups is 5. The molecule has 1 heterocycles. The molecule has 1 fully saturated rings. The van der Waals surface area contributed by atoms with E-state index in [0.717, 1.165) is 5.06 Å². The number of ether oxygens (including phenoxy) is 3. The first-order valence-corrected chi connectivity index (χ1v) is 7.77. The van der Waals surface area contributed by atoms with Gasteiger partial charge in [0.1, 0.15) is 25.9 Å². The standard InChI is InChI=1S/C14H21N3O9/c15-13(21)24-7-10(8-25-14(16)22)23-5-1-2-12(20)26-17-6-9(18)3-4-11(17)19/h10H,1-8H2,(H2,15,21)(H2,16,22). The summed E-state index contributed by atoms with van der Waals surface area (Å²) < 4.78 is 14.4. The van der Waals surface area contributed by atoms with Crippen LogP contribution in [0.1, 0.15) is 25.7 Å². The molecular formula is C14H21N3O9. The van der Waals surface area contributed by atoms with E-state index in [4.69, 9.17) is 21.0 Å². The lowest BCUT2D eigenvalue weighted by Gasteiger charge is -2.23. The Balaban J connectivity index is 2.28. The number of rotatable bonds is 10. The molecule has 1 aliphatic rings. The van der Waals surface area contributed by atoms with Crippen LogP contribution in [0, 0.1) is 0 Å². The number of hydrogen-bond acceptors (Lipinski definition) is 9. The summed E-state index contributed by atoms with van der Waals surface area (Å²) in [5.41, 5.74) is 9.67. The van der Waals surface area contributed by atoms with Gasteiger partial charge in [-0.1, -0.05) is 0 Å². The third kappa shape index (κ3) is 8.82. The highest BCUT2D eigenvalue weighted by atomic mass is 16.7. The van der Waals surface area contributed by atoms with Gasteiger partial charge in [-0.3, -0.25) is 9.59 Å². The fourth-order valence-corrected chi connectivity index (χ4v) is 1.91. The Bertz CT molecular complexity index is 534. The molecule has 0 aromatic rings. The Kier molecular flexibility index (Phi) is 8.84. The van der Waals surface area contributed by atoms with Crippen molar-refractivity contribution in [2.24, 2.45) is 11.5 Å². The van der Waals surface area contributed by atoms with Crippen molar-refractivity contribution < 1.29 is 43.0 Å². The number of nitrogens with zero attached hydrogens (tertiary/aromatic N) is 1. The van der Waals surface area contributed by atoms with Crippen molar-refractivity contribution in [2.45, 2.75) is 31.8 Å². The molecule has 0 unspecified atom stereocenters. The summed E-state index contributed by atoms with van der Waals surface area (Å²) in [4.78, 5) is 60.5. The first-order chi connectivity index (χ1) is 12.3. The van der Waals surface area contributed by atoms with E-state index < -0.39 is 30.2 Å². The van der Waals surface area contributed by atoms with Gasteiger partial charge in [0.15, 0.2) is 5.78 Å². The maximum Gasteiger partial charge on any atom is 0.404 e. The minimum atomic E-state index is -1.03. The minimum absolute atomic E-state index is 0.0105. The van der Waals surface area contributed by atoms with Crippen LogP contribution in [0.3, 0.4) is 0 Å². The zero-order valence-electron chi connectivity index (χ0n) is 14.0. The van der Waals surface area contributed by atoms with Gasteiger partial charge in [-0.25, -0.2) is 14.4 Å². The molecular weight excluding hydrogens is 354 g/mol. The summed E-state index contributed by atoms with van der Waals surface area (Å²) in [5.74, 6) is -1.32. The minimum Gasteiger partial charge on any atom is -0.447 e. The van der Waals surface area contributed by atoms with Crippen LogP contribution < -0.4 is 11.5 Å². The maximum absolute atomic E-state index is 11.7. The van der Waals surface area contributed by atoms with Crippen molar-refractivity contribution in [2.75, 3.05) is 26.4 Å². The van der Waals surface area contributed by atoms with Gasteiger partial charge in [-0.15, -0.1) is 0 Å². The molecule has 0 saturated carbocycles. The number of hydrogen-bond donors (Lipinski definition) is 2. The fourth-order valence-electron chi connectivity index (χ4n) is 1.91. The molecule has 0 atom stereocenters. The van der Waals surface area contributed by atoms with Gasteiger partial charge in [0.25, 0.3) is 5.91 Å². The summed E-state index contributed by atoms with van der Waals surface area (Å²) >= 11 is 0. The molecule has 0 bridgehead atoms. The lowest BCUT2D eigenvalue weighted by molar-refractivity contribution is -0.201. The van der Waals surface area contributed by atoms with E-state index in [2.05, 4.69) is 9.47 Å². The topological polar surface area (TPSA) is 178 Å². The molecule has 26 heavy (non-hydrogen) atoms. The molecule has 0 radical (unpaired) electrons. The predicted octanol–water partition coefficient (Wildman–Crippen LogP) is -1.01. The normalized spacial score (nSPS) is 14.3. The molecule has 0 aromatic heterocycles. The van der Waals surface area contributed by atoms with Crippen molar-refractivity contribution in [3.05, 3.63) is 0 Å². The summed E-state index contributed by atoms with van der Waals surface area (Å²) in [6.45, 7) is -0.746. The monoisotopic (exact) mass is 375 g/mol. The number of Topliss-reactive ketones (excluding diaryl/α,β-unsaturated/α-hetero) is 1. The van der Waals surface area contributed by atoms with Gasteiger partial charge in [-0.2, -0.15) is 5.06 Å². The summed E-state index contributed by atoms with van der Waals surface area (Å²) in [6, 6.07) is 0. The SMILES string of the molecule is NC(=O)OCC(COC(N)=O)OCCCC(=O)ON1CC(=O)CCC1=O. The molecule has 146 valence electrons. The van der Waals surface area contributed by atoms with Crippen molar-refractivity contribution in [3.8, 4) is 0 Å². The highest BCUT2D eigenvalue weighted by molar-refractivity contribution is 5.92. The Morgan fingerprint density at radius 3 is 2.23 bits per heavy atom. The van der Waals surface area contributed by atoms with Crippen molar-refractivity contribution in [1.29, 1.82) is 0 Å². The molecule has 4 N–H and O–H groups in total. The second-order valence-corrected chi connectivity index (χ2v) is 5.29. The number of nitrogens with two attached hydrogens (primary N) is 2. The van der Waals surface area contributed by atoms with E-state index in [9.17, 15) is 24.0 Å². The quantitative estimate of drug-likeness (QED) is 0.453. The average Bonchev–Trinajstić information content (AvgIpc) is 2.56. The van der Waals surface area contributed by atoms with E-state index >= 15 is 0 Å². The van der Waals surface area contributed by atoms with E-state index in [0.29, 0.717) is 0 Å². The zero-order valence-corrected chi connectivity index (χ0v) is 14.0. The van der Waals surface area contributed by atoms with Gasteiger partial charge in [0, 0.05) is 19.4 Å². The largest absolute Gasteiger partial charge is 0.447 e. The average molecular weight is 375 g/mol. The first-order valence-electron chi connectivity index (χ1n) is 7.77. The molecule has 1 saturated heterocycles. The number of hydroxylamine groups is 2. The first kappa shape index (κ1) is 21.2. The molecule has 3 amide bonds. The zero-order chi connectivity index (χ0) is 19.5. The lowest BCUT2D eigenvalue weighted by atomic mass is 10.1. The summed E-state index contributed by atoms with van der Waals surface area (Å²) in [5, 5.41) is 0.749. The van der Waals surface area contributed by atoms with Crippen LogP contribution in [-0.4, -0.2) is 67.4 Å². The van der Waals surface area contributed by atoms with Gasteiger partial charge < -0.3 is 30.5 Å². The number of ketones is 1. The van der Waals surface area contributed by atoms with Crippen LogP contribution in [0.25, 0.3) is 0 Å². The Labute approximate surface area is 148 Å². The Morgan fingerprint density at radius 2 is 1.65 bits per heavy atom. The molecule has 1 rings (SSSR count). The maximum atomic E-state index is 11.7.